The second-order valence-electron chi connectivity index (χ2n) is 5.04. The zero-order valence-corrected chi connectivity index (χ0v) is 15.1. The van der Waals surface area contributed by atoms with Gasteiger partial charge in [0.2, 0.25) is 0 Å². The molecule has 2 aromatic rings. The lowest BCUT2D eigenvalue weighted by Crippen LogP contribution is -2.17. The van der Waals surface area contributed by atoms with Crippen LogP contribution in [0.5, 0.6) is 0 Å². The van der Waals surface area contributed by atoms with Gasteiger partial charge in [0.15, 0.2) is 0 Å². The molecule has 0 saturated heterocycles. The number of amides is 1. The number of ether oxygens (including phenoxy) is 1. The molecule has 0 aliphatic carbocycles. The summed E-state index contributed by atoms with van der Waals surface area (Å²) >= 11 is 1.59. The van der Waals surface area contributed by atoms with Crippen molar-refractivity contribution in [3.8, 4) is 6.07 Å². The lowest BCUT2D eigenvalue weighted by Gasteiger charge is -2.09. The van der Waals surface area contributed by atoms with Crippen LogP contribution < -0.4 is 10.6 Å². The fourth-order valence-electron chi connectivity index (χ4n) is 2.09. The molecule has 0 bridgehead atoms. The van der Waals surface area contributed by atoms with Crippen LogP contribution in [0.1, 0.15) is 10.4 Å². The fraction of sp³-hybridized carbons (Fsp3) is 0.105. The number of para-hydroxylation sites is 1. The second-order valence-corrected chi connectivity index (χ2v) is 5.92. The van der Waals surface area contributed by atoms with Crippen molar-refractivity contribution >= 4 is 35.0 Å². The van der Waals surface area contributed by atoms with Crippen LogP contribution in [0.4, 0.5) is 11.4 Å². The van der Waals surface area contributed by atoms with Crippen LogP contribution in [0.25, 0.3) is 0 Å². The molecule has 6 nitrogen and oxygen atoms in total. The maximum absolute atomic E-state index is 12.4. The minimum Gasteiger partial charge on any atom is -0.465 e. The Labute approximate surface area is 155 Å². The van der Waals surface area contributed by atoms with E-state index in [4.69, 9.17) is 0 Å². The monoisotopic (exact) mass is 367 g/mol. The highest BCUT2D eigenvalue weighted by Crippen LogP contribution is 2.20. The molecule has 7 heteroatoms. The molecule has 1 amide bonds. The predicted octanol–water partition coefficient (Wildman–Crippen LogP) is 3.65. The summed E-state index contributed by atoms with van der Waals surface area (Å²) in [4.78, 5) is 25.2. The van der Waals surface area contributed by atoms with Crippen LogP contribution in [0, 0.1) is 11.3 Å². The number of nitrogens with one attached hydrogen (secondary N) is 2. The van der Waals surface area contributed by atoms with Gasteiger partial charge >= 0.3 is 5.97 Å². The first-order chi connectivity index (χ1) is 12.6. The topological polar surface area (TPSA) is 91.2 Å². The Kier molecular flexibility index (Phi) is 6.83. The summed E-state index contributed by atoms with van der Waals surface area (Å²) in [5, 5.41) is 14.8. The normalized spacial score (nSPS) is 10.6. The minimum absolute atomic E-state index is 0.126. The Morgan fingerprint density at radius 3 is 2.65 bits per heavy atom. The minimum atomic E-state index is -0.627. The number of carbonyl (C=O) groups is 2. The highest BCUT2D eigenvalue weighted by Gasteiger charge is 2.15. The van der Waals surface area contributed by atoms with E-state index in [1.807, 2.05) is 36.6 Å². The summed E-state index contributed by atoms with van der Waals surface area (Å²) in [7, 11) is 1.26. The highest BCUT2D eigenvalue weighted by molar-refractivity contribution is 7.98. The number of hydrogen-bond donors (Lipinski definition) is 2. The van der Waals surface area contributed by atoms with Crippen LogP contribution in [-0.4, -0.2) is 25.2 Å². The largest absolute Gasteiger partial charge is 0.465 e. The van der Waals surface area contributed by atoms with Gasteiger partial charge in [-0.1, -0.05) is 18.2 Å². The Bertz CT molecular complexity index is 888. The highest BCUT2D eigenvalue weighted by atomic mass is 32.2. The molecule has 0 fully saturated rings. The molecule has 0 aromatic heterocycles. The van der Waals surface area contributed by atoms with Gasteiger partial charge in [-0.15, -0.1) is 11.8 Å². The van der Waals surface area contributed by atoms with E-state index >= 15 is 0 Å². The van der Waals surface area contributed by atoms with Crippen molar-refractivity contribution in [2.24, 2.45) is 0 Å². The average Bonchev–Trinajstić information content (AvgIpc) is 2.68. The van der Waals surface area contributed by atoms with Gasteiger partial charge in [0.1, 0.15) is 11.6 Å². The van der Waals surface area contributed by atoms with Crippen LogP contribution in [-0.2, 0) is 9.53 Å². The van der Waals surface area contributed by atoms with Crippen molar-refractivity contribution < 1.29 is 14.3 Å². The molecule has 0 aliphatic heterocycles. The number of thioether (sulfide) groups is 1. The van der Waals surface area contributed by atoms with E-state index in [-0.39, 0.29) is 16.8 Å². The van der Waals surface area contributed by atoms with Gasteiger partial charge in [-0.2, -0.15) is 5.26 Å². The molecule has 0 aliphatic rings. The summed E-state index contributed by atoms with van der Waals surface area (Å²) in [5.41, 5.74) is 1.11. The zero-order valence-electron chi connectivity index (χ0n) is 14.3. The van der Waals surface area contributed by atoms with Crippen LogP contribution in [0.15, 0.2) is 65.2 Å². The first-order valence-corrected chi connectivity index (χ1v) is 8.81. The predicted molar refractivity (Wildman–Crippen MR) is 102 cm³/mol. The molecule has 0 radical (unpaired) electrons. The molecule has 0 spiro atoms. The number of benzene rings is 2. The number of carbonyl (C=O) groups excluding carboxylic acids is 2. The van der Waals surface area contributed by atoms with E-state index in [0.717, 1.165) is 10.6 Å². The fourth-order valence-corrected chi connectivity index (χ4v) is 2.55. The third kappa shape index (κ3) is 4.88. The van der Waals surface area contributed by atoms with E-state index in [1.54, 1.807) is 30.0 Å². The third-order valence-corrected chi connectivity index (χ3v) is 4.12. The van der Waals surface area contributed by atoms with Crippen molar-refractivity contribution in [2.45, 2.75) is 4.90 Å². The van der Waals surface area contributed by atoms with E-state index < -0.39 is 11.9 Å². The van der Waals surface area contributed by atoms with Crippen molar-refractivity contribution in [2.75, 3.05) is 24.0 Å². The van der Waals surface area contributed by atoms with Crippen LogP contribution >= 0.6 is 11.8 Å². The second kappa shape index (κ2) is 9.30. The van der Waals surface area contributed by atoms with Gasteiger partial charge in [0.05, 0.1) is 18.4 Å². The average molecular weight is 367 g/mol. The Morgan fingerprint density at radius 1 is 1.19 bits per heavy atom. The Balaban J connectivity index is 2.16. The first kappa shape index (κ1) is 19.1. The molecule has 2 aromatic carbocycles. The number of rotatable bonds is 6. The van der Waals surface area contributed by atoms with Gasteiger partial charge in [-0.25, -0.2) is 4.79 Å². The van der Waals surface area contributed by atoms with Gasteiger partial charge < -0.3 is 15.4 Å². The summed E-state index contributed by atoms with van der Waals surface area (Å²) in [6.45, 7) is 0. The van der Waals surface area contributed by atoms with E-state index in [1.165, 1.54) is 19.4 Å². The summed E-state index contributed by atoms with van der Waals surface area (Å²) in [6, 6.07) is 15.8. The molecule has 2 rings (SSSR count). The Morgan fingerprint density at radius 2 is 1.96 bits per heavy atom. The van der Waals surface area contributed by atoms with Gasteiger partial charge in [0.25, 0.3) is 5.91 Å². The SMILES string of the molecule is COC(=O)c1ccccc1NC(=O)/C(C#N)=C\Nc1cccc(SC)c1. The number of esters is 1. The molecule has 132 valence electrons. The van der Waals surface area contributed by atoms with Gasteiger partial charge in [-0.05, 0) is 36.6 Å². The lowest BCUT2D eigenvalue weighted by atomic mass is 10.1. The number of nitrogens with zero attached hydrogens (tertiary/aromatic N) is 1. The summed E-state index contributed by atoms with van der Waals surface area (Å²) in [6.07, 6.45) is 3.29. The van der Waals surface area contributed by atoms with Gasteiger partial charge in [0, 0.05) is 16.8 Å². The smallest absolute Gasteiger partial charge is 0.339 e. The van der Waals surface area contributed by atoms with Crippen LogP contribution in [0.2, 0.25) is 0 Å². The molecule has 0 atom stereocenters. The first-order valence-electron chi connectivity index (χ1n) is 7.58. The molecular formula is C19H17N3O3S. The van der Waals surface area contributed by atoms with Crippen molar-refractivity contribution in [3.05, 3.63) is 65.9 Å². The quantitative estimate of drug-likeness (QED) is 0.350. The molecule has 2 N–H and O–H groups in total. The molecule has 0 saturated carbocycles. The molecule has 26 heavy (non-hydrogen) atoms. The maximum atomic E-state index is 12.4. The number of hydrogen-bond acceptors (Lipinski definition) is 6. The van der Waals surface area contributed by atoms with Gasteiger partial charge in [-0.3, -0.25) is 4.79 Å². The van der Waals surface area contributed by atoms with E-state index in [2.05, 4.69) is 15.4 Å². The van der Waals surface area contributed by atoms with Crippen LogP contribution in [0.3, 0.4) is 0 Å². The summed E-state index contributed by atoms with van der Waals surface area (Å²) in [5.74, 6) is -1.20. The molecular weight excluding hydrogens is 350 g/mol. The summed E-state index contributed by atoms with van der Waals surface area (Å²) < 4.78 is 4.69. The van der Waals surface area contributed by atoms with E-state index in [0.29, 0.717) is 0 Å². The Hall–Kier alpha value is -3.24. The van der Waals surface area contributed by atoms with E-state index in [9.17, 15) is 14.9 Å². The maximum Gasteiger partial charge on any atom is 0.339 e. The number of methoxy groups -OCH3 is 1. The van der Waals surface area contributed by atoms with Crippen molar-refractivity contribution in [1.29, 1.82) is 5.26 Å². The zero-order chi connectivity index (χ0) is 18.9. The number of anilines is 2. The lowest BCUT2D eigenvalue weighted by molar-refractivity contribution is -0.112. The molecule has 0 unspecified atom stereocenters. The molecule has 0 heterocycles. The standard InChI is InChI=1S/C19H17N3O3S/c1-25-19(24)16-8-3-4-9-17(16)22-18(23)13(11-20)12-21-14-6-5-7-15(10-14)26-2/h3-10,12,21H,1-2H3,(H,22,23)/b13-12-. The van der Waals surface area contributed by atoms with Crippen molar-refractivity contribution in [3.63, 3.8) is 0 Å². The third-order valence-electron chi connectivity index (χ3n) is 3.40. The number of nitriles is 1. The van der Waals surface area contributed by atoms with Crippen molar-refractivity contribution in [1.82, 2.24) is 0 Å².